The Morgan fingerprint density at radius 2 is 1.94 bits per heavy atom. The smallest absolute Gasteiger partial charge is 0.481 e. The Labute approximate surface area is 98.5 Å². The van der Waals surface area contributed by atoms with Crippen LogP contribution in [0, 0.1) is 0 Å². The second-order valence-electron chi connectivity index (χ2n) is 3.10. The summed E-state index contributed by atoms with van der Waals surface area (Å²) in [7, 11) is 1.01. The quantitative estimate of drug-likeness (QED) is 0.855. The SMILES string of the molecule is COc1nc(OC(F)(F)F)c(CN)cc1C(F)F. The maximum Gasteiger partial charge on any atom is 0.574 e. The molecule has 0 aliphatic heterocycles. The molecule has 1 aromatic rings. The number of nitrogens with two attached hydrogens (primary N) is 1. The van der Waals surface area contributed by atoms with Crippen LogP contribution < -0.4 is 15.2 Å². The average Bonchev–Trinajstić information content (AvgIpc) is 2.25. The van der Waals surface area contributed by atoms with E-state index >= 15 is 0 Å². The topological polar surface area (TPSA) is 57.4 Å². The fourth-order valence-electron chi connectivity index (χ4n) is 1.20. The molecule has 0 unspecified atom stereocenters. The molecule has 9 heteroatoms. The van der Waals surface area contributed by atoms with Crippen molar-refractivity contribution in [1.29, 1.82) is 0 Å². The van der Waals surface area contributed by atoms with E-state index in [1.54, 1.807) is 0 Å². The molecule has 102 valence electrons. The van der Waals surface area contributed by atoms with Crippen molar-refractivity contribution in [2.24, 2.45) is 5.73 Å². The van der Waals surface area contributed by atoms with Crippen molar-refractivity contribution in [3.05, 3.63) is 17.2 Å². The van der Waals surface area contributed by atoms with Gasteiger partial charge in [-0.15, -0.1) is 13.2 Å². The highest BCUT2D eigenvalue weighted by Crippen LogP contribution is 2.33. The number of alkyl halides is 5. The Hall–Kier alpha value is -1.64. The second-order valence-corrected chi connectivity index (χ2v) is 3.10. The number of aromatic nitrogens is 1. The van der Waals surface area contributed by atoms with Gasteiger partial charge in [-0.3, -0.25) is 0 Å². The summed E-state index contributed by atoms with van der Waals surface area (Å²) < 4.78 is 69.4. The fraction of sp³-hybridized carbons (Fsp3) is 0.444. The van der Waals surface area contributed by atoms with Crippen LogP contribution in [0.25, 0.3) is 0 Å². The number of nitrogens with zero attached hydrogens (tertiary/aromatic N) is 1. The van der Waals surface area contributed by atoms with Gasteiger partial charge in [0.25, 0.3) is 6.43 Å². The molecule has 0 spiro atoms. The van der Waals surface area contributed by atoms with E-state index in [2.05, 4.69) is 14.5 Å². The molecule has 0 amide bonds. The van der Waals surface area contributed by atoms with E-state index in [1.165, 1.54) is 0 Å². The van der Waals surface area contributed by atoms with Gasteiger partial charge in [0.2, 0.25) is 11.8 Å². The van der Waals surface area contributed by atoms with Crippen molar-refractivity contribution in [3.63, 3.8) is 0 Å². The molecule has 0 radical (unpaired) electrons. The Kier molecular flexibility index (Phi) is 4.28. The minimum Gasteiger partial charge on any atom is -0.481 e. The lowest BCUT2D eigenvalue weighted by molar-refractivity contribution is -0.276. The van der Waals surface area contributed by atoms with E-state index in [9.17, 15) is 22.0 Å². The van der Waals surface area contributed by atoms with Crippen LogP contribution in [-0.4, -0.2) is 18.5 Å². The van der Waals surface area contributed by atoms with E-state index < -0.39 is 36.7 Å². The predicted octanol–water partition coefficient (Wildman–Crippen LogP) is 2.39. The number of hydrogen-bond donors (Lipinski definition) is 1. The molecule has 18 heavy (non-hydrogen) atoms. The van der Waals surface area contributed by atoms with Crippen LogP contribution in [-0.2, 0) is 6.54 Å². The number of rotatable bonds is 4. The first kappa shape index (κ1) is 14.4. The van der Waals surface area contributed by atoms with Crippen molar-refractivity contribution in [3.8, 4) is 11.8 Å². The third-order valence-corrected chi connectivity index (χ3v) is 1.92. The molecule has 0 aliphatic rings. The van der Waals surface area contributed by atoms with Crippen molar-refractivity contribution in [1.82, 2.24) is 4.98 Å². The van der Waals surface area contributed by atoms with E-state index in [4.69, 9.17) is 5.73 Å². The van der Waals surface area contributed by atoms with Gasteiger partial charge in [-0.1, -0.05) is 0 Å². The minimum absolute atomic E-state index is 0.288. The highest BCUT2D eigenvalue weighted by Gasteiger charge is 2.33. The summed E-state index contributed by atoms with van der Waals surface area (Å²) in [4.78, 5) is 3.24. The molecule has 0 saturated carbocycles. The minimum atomic E-state index is -4.99. The van der Waals surface area contributed by atoms with Crippen LogP contribution in [0.1, 0.15) is 17.6 Å². The van der Waals surface area contributed by atoms with E-state index in [0.717, 1.165) is 13.2 Å². The van der Waals surface area contributed by atoms with Crippen LogP contribution in [0.15, 0.2) is 6.07 Å². The Morgan fingerprint density at radius 1 is 1.33 bits per heavy atom. The number of pyridine rings is 1. The molecular weight excluding hydrogens is 263 g/mol. The standard InChI is InChI=1S/C9H9F5N2O2/c1-17-8-5(6(10)11)2-4(3-15)7(16-8)18-9(12,13)14/h2,6H,3,15H2,1H3. The van der Waals surface area contributed by atoms with Crippen molar-refractivity contribution < 1.29 is 31.4 Å². The summed E-state index contributed by atoms with van der Waals surface area (Å²) in [5.41, 5.74) is 4.22. The second kappa shape index (κ2) is 5.34. The number of methoxy groups -OCH3 is 1. The van der Waals surface area contributed by atoms with Gasteiger partial charge in [-0.25, -0.2) is 8.78 Å². The van der Waals surface area contributed by atoms with E-state index in [0.29, 0.717) is 0 Å². The van der Waals surface area contributed by atoms with Gasteiger partial charge < -0.3 is 15.2 Å². The lowest BCUT2D eigenvalue weighted by Crippen LogP contribution is -2.20. The van der Waals surface area contributed by atoms with Gasteiger partial charge in [0.05, 0.1) is 12.7 Å². The summed E-state index contributed by atoms with van der Waals surface area (Å²) in [5.74, 6) is -1.53. The Bertz CT molecular complexity index is 422. The number of ether oxygens (including phenoxy) is 2. The number of hydrogen-bond acceptors (Lipinski definition) is 4. The fourth-order valence-corrected chi connectivity index (χ4v) is 1.20. The largest absolute Gasteiger partial charge is 0.574 e. The predicted molar refractivity (Wildman–Crippen MR) is 50.3 cm³/mol. The molecule has 1 aromatic heterocycles. The Balaban J connectivity index is 3.26. The Morgan fingerprint density at radius 3 is 2.33 bits per heavy atom. The van der Waals surface area contributed by atoms with Crippen molar-refractivity contribution in [2.45, 2.75) is 19.3 Å². The summed E-state index contributed by atoms with van der Waals surface area (Å²) >= 11 is 0. The van der Waals surface area contributed by atoms with Gasteiger partial charge in [-0.2, -0.15) is 4.98 Å². The zero-order chi connectivity index (χ0) is 13.9. The lowest BCUT2D eigenvalue weighted by Gasteiger charge is -2.14. The highest BCUT2D eigenvalue weighted by atomic mass is 19.4. The summed E-state index contributed by atoms with van der Waals surface area (Å²) in [6.07, 6.45) is -7.94. The first-order valence-electron chi connectivity index (χ1n) is 4.60. The molecule has 1 rings (SSSR count). The summed E-state index contributed by atoms with van der Waals surface area (Å²) in [5, 5.41) is 0. The van der Waals surface area contributed by atoms with E-state index in [1.807, 2.05) is 0 Å². The summed E-state index contributed by atoms with van der Waals surface area (Å²) in [6.45, 7) is -0.428. The molecule has 0 fully saturated rings. The third kappa shape index (κ3) is 3.42. The first-order valence-corrected chi connectivity index (χ1v) is 4.60. The maximum absolute atomic E-state index is 12.6. The number of halogens is 5. The zero-order valence-corrected chi connectivity index (χ0v) is 9.09. The van der Waals surface area contributed by atoms with Crippen LogP contribution in [0.2, 0.25) is 0 Å². The summed E-state index contributed by atoms with van der Waals surface area (Å²) in [6, 6.07) is 0.775. The van der Waals surface area contributed by atoms with Crippen molar-refractivity contribution >= 4 is 0 Å². The van der Waals surface area contributed by atoms with Gasteiger partial charge in [-0.05, 0) is 6.07 Å². The third-order valence-electron chi connectivity index (χ3n) is 1.92. The molecular formula is C9H9F5N2O2. The van der Waals surface area contributed by atoms with Gasteiger partial charge in [0, 0.05) is 12.1 Å². The van der Waals surface area contributed by atoms with Crippen LogP contribution >= 0.6 is 0 Å². The average molecular weight is 272 g/mol. The van der Waals surface area contributed by atoms with Gasteiger partial charge in [0.1, 0.15) is 0 Å². The molecule has 0 bridgehead atoms. The molecule has 1 heterocycles. The monoisotopic (exact) mass is 272 g/mol. The van der Waals surface area contributed by atoms with Crippen LogP contribution in [0.4, 0.5) is 22.0 Å². The lowest BCUT2D eigenvalue weighted by atomic mass is 10.2. The first-order chi connectivity index (χ1) is 8.28. The van der Waals surface area contributed by atoms with Crippen molar-refractivity contribution in [2.75, 3.05) is 7.11 Å². The molecule has 0 atom stereocenters. The van der Waals surface area contributed by atoms with Crippen LogP contribution in [0.3, 0.4) is 0 Å². The molecule has 0 aliphatic carbocycles. The maximum atomic E-state index is 12.6. The van der Waals surface area contributed by atoms with Gasteiger partial charge >= 0.3 is 6.36 Å². The van der Waals surface area contributed by atoms with E-state index in [-0.39, 0.29) is 5.56 Å². The highest BCUT2D eigenvalue weighted by molar-refractivity contribution is 5.38. The molecule has 4 nitrogen and oxygen atoms in total. The molecule has 2 N–H and O–H groups in total. The molecule has 0 aromatic carbocycles. The van der Waals surface area contributed by atoms with Gasteiger partial charge in [0.15, 0.2) is 0 Å². The zero-order valence-electron chi connectivity index (χ0n) is 9.09. The normalized spacial score (nSPS) is 11.8. The van der Waals surface area contributed by atoms with Crippen LogP contribution in [0.5, 0.6) is 11.8 Å². The molecule has 0 saturated heterocycles.